The van der Waals surface area contributed by atoms with Crippen molar-refractivity contribution in [3.63, 3.8) is 0 Å². The fourth-order valence-electron chi connectivity index (χ4n) is 4.00. The molecule has 38 heavy (non-hydrogen) atoms. The molecule has 3 aromatic rings. The zero-order chi connectivity index (χ0) is 27.7. The van der Waals surface area contributed by atoms with Crippen LogP contribution in [0.4, 0.5) is 5.69 Å². The smallest absolute Gasteiger partial charge is 0.264 e. The van der Waals surface area contributed by atoms with Crippen LogP contribution in [0, 0.1) is 0 Å². The lowest BCUT2D eigenvalue weighted by molar-refractivity contribution is -0.140. The third-order valence-corrected chi connectivity index (χ3v) is 7.98. The molecule has 0 aliphatic carbocycles. The summed E-state index contributed by atoms with van der Waals surface area (Å²) in [5.41, 5.74) is 1.05. The summed E-state index contributed by atoms with van der Waals surface area (Å²) in [7, 11) is -2.62. The SMILES string of the molecule is CCOc1ccc(N(CC(=O)N(Cc2ccc(Cl)cc2)[C@H](CC)C(=O)NC)S(=O)(=O)c2ccccc2)cc1. The molecule has 0 fully saturated rings. The molecule has 1 atom stereocenters. The molecule has 0 heterocycles. The zero-order valence-electron chi connectivity index (χ0n) is 21.6. The Bertz CT molecular complexity index is 1320. The number of halogens is 1. The van der Waals surface area contributed by atoms with Crippen LogP contribution in [0.5, 0.6) is 5.75 Å². The summed E-state index contributed by atoms with van der Waals surface area (Å²) in [5.74, 6) is -0.285. The number of anilines is 1. The molecule has 2 amide bonds. The predicted octanol–water partition coefficient (Wildman–Crippen LogP) is 4.49. The minimum atomic E-state index is -4.12. The van der Waals surface area contributed by atoms with Crippen molar-refractivity contribution in [1.29, 1.82) is 0 Å². The van der Waals surface area contributed by atoms with Gasteiger partial charge >= 0.3 is 0 Å². The first-order valence-electron chi connectivity index (χ1n) is 12.3. The zero-order valence-corrected chi connectivity index (χ0v) is 23.2. The van der Waals surface area contributed by atoms with Crippen LogP contribution in [0.15, 0.2) is 83.8 Å². The average Bonchev–Trinajstić information content (AvgIpc) is 2.93. The number of hydrogen-bond acceptors (Lipinski definition) is 5. The van der Waals surface area contributed by atoms with Crippen LogP contribution in [0.2, 0.25) is 5.02 Å². The van der Waals surface area contributed by atoms with E-state index in [1.807, 2.05) is 6.92 Å². The molecule has 0 unspecified atom stereocenters. The molecule has 0 bridgehead atoms. The Morgan fingerprint density at radius 2 is 1.58 bits per heavy atom. The third kappa shape index (κ3) is 7.05. The lowest BCUT2D eigenvalue weighted by atomic mass is 10.1. The van der Waals surface area contributed by atoms with Crippen LogP contribution in [-0.4, -0.2) is 51.4 Å². The molecule has 0 aliphatic heterocycles. The van der Waals surface area contributed by atoms with E-state index in [4.69, 9.17) is 16.3 Å². The summed E-state index contributed by atoms with van der Waals surface area (Å²) in [6, 6.07) is 20.6. The molecule has 0 saturated carbocycles. The Morgan fingerprint density at radius 1 is 0.947 bits per heavy atom. The number of likely N-dealkylation sites (N-methyl/N-ethyl adjacent to an activating group) is 1. The molecular weight excluding hydrogens is 526 g/mol. The fourth-order valence-corrected chi connectivity index (χ4v) is 5.56. The van der Waals surface area contributed by atoms with Gasteiger partial charge in [0, 0.05) is 18.6 Å². The Labute approximate surface area is 229 Å². The Balaban J connectivity index is 2.03. The highest BCUT2D eigenvalue weighted by Crippen LogP contribution is 2.27. The molecule has 0 spiro atoms. The number of benzene rings is 3. The Kier molecular flexibility index (Phi) is 10.2. The van der Waals surface area contributed by atoms with Crippen LogP contribution in [0.1, 0.15) is 25.8 Å². The second-order valence-electron chi connectivity index (χ2n) is 8.44. The lowest BCUT2D eigenvalue weighted by Gasteiger charge is -2.33. The molecule has 0 radical (unpaired) electrons. The highest BCUT2D eigenvalue weighted by molar-refractivity contribution is 7.92. The maximum atomic E-state index is 13.9. The molecule has 3 rings (SSSR count). The first-order valence-corrected chi connectivity index (χ1v) is 14.1. The molecule has 8 nitrogen and oxygen atoms in total. The summed E-state index contributed by atoms with van der Waals surface area (Å²) in [4.78, 5) is 28.0. The van der Waals surface area contributed by atoms with Gasteiger partial charge < -0.3 is 15.0 Å². The van der Waals surface area contributed by atoms with E-state index < -0.39 is 28.5 Å². The van der Waals surface area contributed by atoms with Gasteiger partial charge in [0.2, 0.25) is 11.8 Å². The molecule has 0 saturated heterocycles. The van der Waals surface area contributed by atoms with E-state index in [2.05, 4.69) is 5.32 Å². The summed E-state index contributed by atoms with van der Waals surface area (Å²) in [5, 5.41) is 3.15. The lowest BCUT2D eigenvalue weighted by Crippen LogP contribution is -2.51. The molecule has 0 aromatic heterocycles. The van der Waals surface area contributed by atoms with Gasteiger partial charge in [-0.2, -0.15) is 0 Å². The van der Waals surface area contributed by atoms with Crippen LogP contribution in [0.3, 0.4) is 0 Å². The maximum absolute atomic E-state index is 13.9. The van der Waals surface area contributed by atoms with Crippen LogP contribution in [-0.2, 0) is 26.2 Å². The molecule has 0 aliphatic rings. The summed E-state index contributed by atoms with van der Waals surface area (Å²) in [6.07, 6.45) is 0.341. The maximum Gasteiger partial charge on any atom is 0.264 e. The largest absolute Gasteiger partial charge is 0.494 e. The van der Waals surface area contributed by atoms with Crippen molar-refractivity contribution in [3.8, 4) is 5.75 Å². The highest BCUT2D eigenvalue weighted by Gasteiger charge is 2.33. The number of sulfonamides is 1. The number of nitrogens with zero attached hydrogens (tertiary/aromatic N) is 2. The minimum absolute atomic E-state index is 0.0456. The van der Waals surface area contributed by atoms with Gasteiger partial charge in [-0.1, -0.05) is 48.9 Å². The van der Waals surface area contributed by atoms with E-state index >= 15 is 0 Å². The first kappa shape index (κ1) is 29.0. The number of rotatable bonds is 12. The van der Waals surface area contributed by atoms with Crippen LogP contribution in [0.25, 0.3) is 0 Å². The first-order chi connectivity index (χ1) is 18.2. The van der Waals surface area contributed by atoms with Gasteiger partial charge in [0.05, 0.1) is 17.2 Å². The monoisotopic (exact) mass is 557 g/mol. The van der Waals surface area contributed by atoms with Gasteiger partial charge in [0.1, 0.15) is 18.3 Å². The molecule has 3 aromatic carbocycles. The van der Waals surface area contributed by atoms with Crippen molar-refractivity contribution in [2.75, 3.05) is 24.5 Å². The molecule has 10 heteroatoms. The Morgan fingerprint density at radius 3 is 2.13 bits per heavy atom. The van der Waals surface area contributed by atoms with Crippen molar-refractivity contribution < 1.29 is 22.7 Å². The van der Waals surface area contributed by atoms with E-state index in [0.717, 1.165) is 9.87 Å². The fraction of sp³-hybridized carbons (Fsp3) is 0.286. The van der Waals surface area contributed by atoms with Crippen molar-refractivity contribution >= 4 is 39.1 Å². The topological polar surface area (TPSA) is 96.0 Å². The molecule has 1 N–H and O–H groups in total. The summed E-state index contributed by atoms with van der Waals surface area (Å²) >= 11 is 6.02. The van der Waals surface area contributed by atoms with Gasteiger partial charge in [-0.25, -0.2) is 8.42 Å². The minimum Gasteiger partial charge on any atom is -0.494 e. The second-order valence-corrected chi connectivity index (χ2v) is 10.7. The van der Waals surface area contributed by atoms with Crippen molar-refractivity contribution in [3.05, 3.63) is 89.4 Å². The number of ether oxygens (including phenoxy) is 1. The van der Waals surface area contributed by atoms with E-state index in [-0.39, 0.29) is 17.3 Å². The van der Waals surface area contributed by atoms with Gasteiger partial charge in [-0.05, 0) is 67.4 Å². The van der Waals surface area contributed by atoms with Crippen molar-refractivity contribution in [2.24, 2.45) is 0 Å². The van der Waals surface area contributed by atoms with Crippen molar-refractivity contribution in [1.82, 2.24) is 10.2 Å². The predicted molar refractivity (Wildman–Crippen MR) is 149 cm³/mol. The second kappa shape index (κ2) is 13.3. The van der Waals surface area contributed by atoms with Gasteiger partial charge in [-0.15, -0.1) is 0 Å². The Hall–Kier alpha value is -3.56. The third-order valence-electron chi connectivity index (χ3n) is 5.94. The number of hydrogen-bond donors (Lipinski definition) is 1. The number of carbonyl (C=O) groups is 2. The number of amides is 2. The molecular formula is C28H32ClN3O5S. The summed E-state index contributed by atoms with van der Waals surface area (Å²) < 4.78 is 34.1. The van der Waals surface area contributed by atoms with Crippen LogP contribution < -0.4 is 14.4 Å². The van der Waals surface area contributed by atoms with Crippen LogP contribution >= 0.6 is 11.6 Å². The highest BCUT2D eigenvalue weighted by atomic mass is 35.5. The average molecular weight is 558 g/mol. The van der Waals surface area contributed by atoms with E-state index in [1.165, 1.54) is 24.1 Å². The number of carbonyl (C=O) groups excluding carboxylic acids is 2. The van der Waals surface area contributed by atoms with E-state index in [0.29, 0.717) is 29.5 Å². The van der Waals surface area contributed by atoms with E-state index in [1.54, 1.807) is 73.7 Å². The normalized spacial score (nSPS) is 11.9. The quantitative estimate of drug-likeness (QED) is 0.354. The van der Waals surface area contributed by atoms with Gasteiger partial charge in [0.15, 0.2) is 0 Å². The van der Waals surface area contributed by atoms with Gasteiger partial charge in [-0.3, -0.25) is 13.9 Å². The molecule has 202 valence electrons. The van der Waals surface area contributed by atoms with E-state index in [9.17, 15) is 18.0 Å². The summed E-state index contributed by atoms with van der Waals surface area (Å²) in [6.45, 7) is 3.70. The number of nitrogens with one attached hydrogen (secondary N) is 1. The van der Waals surface area contributed by atoms with Gasteiger partial charge in [0.25, 0.3) is 10.0 Å². The van der Waals surface area contributed by atoms with Crippen molar-refractivity contribution in [2.45, 2.75) is 37.8 Å². The standard InChI is InChI=1S/C28H32ClN3O5S/c1-4-26(28(34)30-3)31(19-21-11-13-22(29)14-12-21)27(33)20-32(23-15-17-24(18-16-23)37-5-2)38(35,36)25-9-7-6-8-10-25/h6-18,26H,4-5,19-20H2,1-3H3,(H,30,34)/t26-/m1/s1.